The van der Waals surface area contributed by atoms with Crippen LogP contribution in [0.4, 0.5) is 25.8 Å². The number of rotatable bonds is 4. The van der Waals surface area contributed by atoms with Gasteiger partial charge in [-0.05, 0) is 48.9 Å². The van der Waals surface area contributed by atoms with Crippen molar-refractivity contribution in [2.45, 2.75) is 12.8 Å². The van der Waals surface area contributed by atoms with Crippen LogP contribution in [0.15, 0.2) is 55.0 Å². The molecule has 2 aromatic carbocycles. The summed E-state index contributed by atoms with van der Waals surface area (Å²) in [5.74, 6) is -0.741. The summed E-state index contributed by atoms with van der Waals surface area (Å²) >= 11 is 0. The van der Waals surface area contributed by atoms with Gasteiger partial charge in [-0.15, -0.1) is 0 Å². The minimum absolute atomic E-state index is 0.0313. The van der Waals surface area contributed by atoms with Crippen LogP contribution in [-0.4, -0.2) is 29.0 Å². The van der Waals surface area contributed by atoms with Crippen molar-refractivity contribution in [3.05, 3.63) is 72.3 Å². The Kier molecular flexibility index (Phi) is 4.58. The van der Waals surface area contributed by atoms with E-state index >= 15 is 0 Å². The molecular weight excluding hydrogens is 350 g/mol. The number of fused-ring (bicyclic) bond motifs is 1. The van der Waals surface area contributed by atoms with Gasteiger partial charge in [0.15, 0.2) is 0 Å². The minimum Gasteiger partial charge on any atom is -0.348 e. The molecule has 1 amide bonds. The minimum atomic E-state index is -0.382. The quantitative estimate of drug-likeness (QED) is 0.762. The van der Waals surface area contributed by atoms with Gasteiger partial charge in [-0.1, -0.05) is 0 Å². The van der Waals surface area contributed by atoms with Crippen molar-refractivity contribution in [3.63, 3.8) is 0 Å². The molecule has 3 aromatic rings. The monoisotopic (exact) mass is 368 g/mol. The maximum absolute atomic E-state index is 13.9. The van der Waals surface area contributed by atoms with Gasteiger partial charge in [0, 0.05) is 37.1 Å². The zero-order valence-electron chi connectivity index (χ0n) is 14.5. The van der Waals surface area contributed by atoms with E-state index in [0.29, 0.717) is 37.3 Å². The Balaban J connectivity index is 1.61. The number of nitrogens with one attached hydrogen (secondary N) is 1. The molecule has 1 aromatic heterocycles. The number of carbonyl (C=O) groups is 1. The number of halogens is 2. The van der Waals surface area contributed by atoms with Crippen molar-refractivity contribution in [3.8, 4) is 0 Å². The van der Waals surface area contributed by atoms with Crippen LogP contribution in [0.1, 0.15) is 12.1 Å². The number of aromatic amines is 1. The topological polar surface area (TPSA) is 52.2 Å². The van der Waals surface area contributed by atoms with Crippen LogP contribution in [0.25, 0.3) is 0 Å². The first kappa shape index (κ1) is 17.2. The second kappa shape index (κ2) is 7.19. The molecule has 138 valence electrons. The molecule has 27 heavy (non-hydrogen) atoms. The molecule has 5 nitrogen and oxygen atoms in total. The van der Waals surface area contributed by atoms with E-state index in [2.05, 4.69) is 9.97 Å². The van der Waals surface area contributed by atoms with E-state index in [-0.39, 0.29) is 17.5 Å². The summed E-state index contributed by atoms with van der Waals surface area (Å²) in [5, 5.41) is 0. The van der Waals surface area contributed by atoms with E-state index < -0.39 is 0 Å². The summed E-state index contributed by atoms with van der Waals surface area (Å²) in [6.45, 7) is 0.968. The highest BCUT2D eigenvalue weighted by Gasteiger charge is 2.28. The number of hydrogen-bond donors (Lipinski definition) is 1. The first-order chi connectivity index (χ1) is 13.1. The maximum atomic E-state index is 13.9. The fraction of sp³-hybridized carbons (Fsp3) is 0.200. The fourth-order valence-electron chi connectivity index (χ4n) is 3.33. The average molecular weight is 368 g/mol. The van der Waals surface area contributed by atoms with E-state index in [0.717, 1.165) is 11.4 Å². The summed E-state index contributed by atoms with van der Waals surface area (Å²) in [5.41, 5.74) is 2.91. The molecular formula is C20H18F2N4O. The Bertz CT molecular complexity index is 941. The normalized spacial score (nSPS) is 13.6. The number of aryl methyl sites for hydroxylation is 1. The number of nitrogens with zero attached hydrogens (tertiary/aromatic N) is 3. The van der Waals surface area contributed by atoms with Gasteiger partial charge < -0.3 is 14.8 Å². The van der Waals surface area contributed by atoms with Gasteiger partial charge in [0.1, 0.15) is 11.6 Å². The van der Waals surface area contributed by atoms with Gasteiger partial charge in [-0.2, -0.15) is 0 Å². The highest BCUT2D eigenvalue weighted by Crippen LogP contribution is 2.38. The Morgan fingerprint density at radius 1 is 1.04 bits per heavy atom. The molecule has 1 aliphatic rings. The van der Waals surface area contributed by atoms with Crippen LogP contribution in [-0.2, 0) is 11.2 Å². The molecule has 0 bridgehead atoms. The Morgan fingerprint density at radius 3 is 2.56 bits per heavy atom. The lowest BCUT2D eigenvalue weighted by atomic mass is 10.1. The summed E-state index contributed by atoms with van der Waals surface area (Å²) in [7, 11) is 0. The van der Waals surface area contributed by atoms with Crippen LogP contribution in [0.5, 0.6) is 0 Å². The van der Waals surface area contributed by atoms with Crippen LogP contribution >= 0.6 is 0 Å². The lowest BCUT2D eigenvalue weighted by molar-refractivity contribution is -0.118. The smallest absolute Gasteiger partial charge is 0.227 e. The molecule has 0 atom stereocenters. The van der Waals surface area contributed by atoms with E-state index in [1.165, 1.54) is 24.3 Å². The molecule has 0 unspecified atom stereocenters. The van der Waals surface area contributed by atoms with E-state index in [1.54, 1.807) is 35.6 Å². The zero-order valence-corrected chi connectivity index (χ0v) is 14.5. The first-order valence-corrected chi connectivity index (χ1v) is 8.72. The van der Waals surface area contributed by atoms with Gasteiger partial charge in [-0.25, -0.2) is 13.8 Å². The highest BCUT2D eigenvalue weighted by atomic mass is 19.1. The van der Waals surface area contributed by atoms with Crippen molar-refractivity contribution in [1.29, 1.82) is 0 Å². The summed E-state index contributed by atoms with van der Waals surface area (Å²) in [6, 6.07) is 10.4. The highest BCUT2D eigenvalue weighted by molar-refractivity contribution is 5.99. The Labute approximate surface area is 155 Å². The van der Waals surface area contributed by atoms with Crippen LogP contribution < -0.4 is 9.80 Å². The zero-order chi connectivity index (χ0) is 18.8. The lowest BCUT2D eigenvalue weighted by Crippen LogP contribution is -2.42. The Morgan fingerprint density at radius 2 is 1.81 bits per heavy atom. The molecule has 0 saturated heterocycles. The van der Waals surface area contributed by atoms with Gasteiger partial charge in [0.2, 0.25) is 5.91 Å². The molecule has 7 heteroatoms. The van der Waals surface area contributed by atoms with E-state index in [9.17, 15) is 13.6 Å². The summed E-state index contributed by atoms with van der Waals surface area (Å²) < 4.78 is 27.2. The molecule has 0 saturated carbocycles. The molecule has 1 N–H and O–H groups in total. The van der Waals surface area contributed by atoms with Crippen molar-refractivity contribution in [2.75, 3.05) is 22.9 Å². The van der Waals surface area contributed by atoms with Gasteiger partial charge in [0.25, 0.3) is 0 Å². The third-order valence-electron chi connectivity index (χ3n) is 4.67. The molecule has 4 rings (SSSR count). The van der Waals surface area contributed by atoms with Crippen LogP contribution in [0.3, 0.4) is 0 Å². The second-order valence-electron chi connectivity index (χ2n) is 6.38. The molecule has 0 fully saturated rings. The fourth-order valence-corrected chi connectivity index (χ4v) is 3.33. The van der Waals surface area contributed by atoms with Gasteiger partial charge in [0.05, 0.1) is 17.7 Å². The largest absolute Gasteiger partial charge is 0.348 e. The third-order valence-corrected chi connectivity index (χ3v) is 4.67. The maximum Gasteiger partial charge on any atom is 0.227 e. The van der Waals surface area contributed by atoms with E-state index in [1.807, 2.05) is 4.90 Å². The molecule has 0 aliphatic carbocycles. The molecule has 2 heterocycles. The predicted molar refractivity (Wildman–Crippen MR) is 99.1 cm³/mol. The number of aromatic nitrogens is 2. The van der Waals surface area contributed by atoms with E-state index in [4.69, 9.17) is 0 Å². The standard InChI is InChI=1S/C20H18F2N4O/c21-14-1-5-17(6-2-14)25-9-10-26(18-7-3-15(22)11-19(18)25)20(27)8-4-16-12-23-13-24-16/h1-3,5-7,11-13H,4,8-10H2,(H,23,24). The molecule has 1 aliphatic heterocycles. The summed E-state index contributed by atoms with van der Waals surface area (Å²) in [4.78, 5) is 23.3. The third kappa shape index (κ3) is 3.53. The van der Waals surface area contributed by atoms with Gasteiger partial charge in [-0.3, -0.25) is 4.79 Å². The number of hydrogen-bond acceptors (Lipinski definition) is 3. The molecule has 0 spiro atoms. The summed E-state index contributed by atoms with van der Waals surface area (Å²) in [6.07, 6.45) is 4.17. The van der Waals surface area contributed by atoms with Crippen molar-refractivity contribution in [1.82, 2.24) is 9.97 Å². The number of H-pyrrole nitrogens is 1. The van der Waals surface area contributed by atoms with Crippen molar-refractivity contribution < 1.29 is 13.6 Å². The van der Waals surface area contributed by atoms with Crippen molar-refractivity contribution in [2.24, 2.45) is 0 Å². The van der Waals surface area contributed by atoms with Crippen LogP contribution in [0, 0.1) is 11.6 Å². The number of imidazole rings is 1. The number of amides is 1. The average Bonchev–Trinajstić information content (AvgIpc) is 3.19. The molecule has 0 radical (unpaired) electrons. The first-order valence-electron chi connectivity index (χ1n) is 8.72. The predicted octanol–water partition coefficient (Wildman–Crippen LogP) is 3.81. The number of anilines is 3. The number of benzene rings is 2. The number of carbonyl (C=O) groups excluding carboxylic acids is 1. The Hall–Kier alpha value is -3.22. The van der Waals surface area contributed by atoms with Gasteiger partial charge >= 0.3 is 0 Å². The van der Waals surface area contributed by atoms with Crippen molar-refractivity contribution >= 4 is 23.0 Å². The SMILES string of the molecule is O=C(CCc1cnc[nH]1)N1CCN(c2ccc(F)cc2)c2cc(F)ccc21. The van der Waals surface area contributed by atoms with Crippen LogP contribution in [0.2, 0.25) is 0 Å². The lowest BCUT2D eigenvalue weighted by Gasteiger charge is -2.38. The second-order valence-corrected chi connectivity index (χ2v) is 6.38.